The summed E-state index contributed by atoms with van der Waals surface area (Å²) in [6.07, 6.45) is 2.85. The highest BCUT2D eigenvalue weighted by Crippen LogP contribution is 2.12. The van der Waals surface area contributed by atoms with Crippen molar-refractivity contribution >= 4 is 57.2 Å². The van der Waals surface area contributed by atoms with Crippen LogP contribution in [0.5, 0.6) is 0 Å². The first-order chi connectivity index (χ1) is 10.6. The Labute approximate surface area is 167 Å². The Kier molecular flexibility index (Phi) is 9.08. The minimum Gasteiger partial charge on any atom is -0.356 e. The van der Waals surface area contributed by atoms with E-state index in [9.17, 15) is 0 Å². The average Bonchev–Trinajstić information content (AvgIpc) is 2.91. The summed E-state index contributed by atoms with van der Waals surface area (Å²) in [5.74, 6) is 0.899. The van der Waals surface area contributed by atoms with E-state index in [1.54, 1.807) is 11.3 Å². The quantitative estimate of drug-likeness (QED) is 0.376. The normalized spacial score (nSPS) is 11.0. The van der Waals surface area contributed by atoms with Gasteiger partial charge in [0.1, 0.15) is 0 Å². The van der Waals surface area contributed by atoms with Crippen LogP contribution in [0.4, 0.5) is 0 Å². The third-order valence-electron chi connectivity index (χ3n) is 3.20. The number of hydrogen-bond donors (Lipinski definition) is 1. The van der Waals surface area contributed by atoms with Crippen LogP contribution in [-0.2, 0) is 13.0 Å². The number of nitrogens with zero attached hydrogens (tertiary/aromatic N) is 3. The van der Waals surface area contributed by atoms with E-state index in [1.807, 2.05) is 20.3 Å². The number of rotatable bonds is 5. The fourth-order valence-electron chi connectivity index (χ4n) is 2.12. The van der Waals surface area contributed by atoms with E-state index in [-0.39, 0.29) is 24.0 Å². The predicted molar refractivity (Wildman–Crippen MR) is 113 cm³/mol. The third-order valence-corrected chi connectivity index (χ3v) is 4.70. The van der Waals surface area contributed by atoms with Crippen molar-refractivity contribution in [1.29, 1.82) is 0 Å². The molecule has 1 N–H and O–H groups in total. The number of thiazole rings is 1. The van der Waals surface area contributed by atoms with E-state index in [0.29, 0.717) is 0 Å². The van der Waals surface area contributed by atoms with Crippen molar-refractivity contribution < 1.29 is 0 Å². The van der Waals surface area contributed by atoms with Crippen LogP contribution in [0.15, 0.2) is 39.9 Å². The fraction of sp³-hybridized carbons (Fsp3) is 0.375. The summed E-state index contributed by atoms with van der Waals surface area (Å²) < 4.78 is 1.10. The maximum atomic E-state index is 4.38. The largest absolute Gasteiger partial charge is 0.356 e. The molecule has 0 unspecified atom stereocenters. The minimum atomic E-state index is 0. The average molecular weight is 509 g/mol. The predicted octanol–water partition coefficient (Wildman–Crippen LogP) is 4.08. The molecule has 1 aromatic heterocycles. The van der Waals surface area contributed by atoms with Crippen molar-refractivity contribution in [2.45, 2.75) is 19.9 Å². The number of halogens is 2. The topological polar surface area (TPSA) is 40.5 Å². The maximum Gasteiger partial charge on any atom is 0.193 e. The molecule has 2 aromatic rings. The summed E-state index contributed by atoms with van der Waals surface area (Å²) in [7, 11) is 3.86. The molecule has 23 heavy (non-hydrogen) atoms. The summed E-state index contributed by atoms with van der Waals surface area (Å²) in [5, 5.41) is 4.55. The summed E-state index contributed by atoms with van der Waals surface area (Å²) in [6.45, 7) is 3.74. The number of aromatic nitrogens is 1. The van der Waals surface area contributed by atoms with E-state index >= 15 is 0 Å². The zero-order valence-electron chi connectivity index (χ0n) is 13.5. The first kappa shape index (κ1) is 20.4. The molecule has 0 saturated heterocycles. The highest BCUT2D eigenvalue weighted by molar-refractivity contribution is 14.0. The van der Waals surface area contributed by atoms with Gasteiger partial charge in [-0.1, -0.05) is 28.1 Å². The Hall–Kier alpha value is -0.670. The van der Waals surface area contributed by atoms with Crippen LogP contribution in [0.25, 0.3) is 0 Å². The molecule has 0 saturated carbocycles. The summed E-state index contributed by atoms with van der Waals surface area (Å²) in [5.41, 5.74) is 1.25. The molecule has 0 aliphatic heterocycles. The molecule has 0 radical (unpaired) electrons. The lowest BCUT2D eigenvalue weighted by Crippen LogP contribution is -2.39. The first-order valence-electron chi connectivity index (χ1n) is 7.16. The van der Waals surface area contributed by atoms with Crippen LogP contribution in [0.1, 0.15) is 15.4 Å². The molecule has 0 atom stereocenters. The number of guanidine groups is 1. The summed E-state index contributed by atoms with van der Waals surface area (Å²) in [6, 6.07) is 8.35. The highest BCUT2D eigenvalue weighted by atomic mass is 127. The third kappa shape index (κ3) is 6.76. The molecule has 0 aliphatic carbocycles. The number of benzene rings is 1. The van der Waals surface area contributed by atoms with E-state index < -0.39 is 0 Å². The summed E-state index contributed by atoms with van der Waals surface area (Å²) in [4.78, 5) is 12.1. The van der Waals surface area contributed by atoms with E-state index in [1.165, 1.54) is 10.4 Å². The van der Waals surface area contributed by atoms with E-state index in [2.05, 4.69) is 67.3 Å². The molecule has 7 heteroatoms. The number of hydrogen-bond acceptors (Lipinski definition) is 3. The Morgan fingerprint density at radius 3 is 2.61 bits per heavy atom. The van der Waals surface area contributed by atoms with Crippen molar-refractivity contribution in [3.05, 3.63) is 50.4 Å². The standard InChI is InChI=1S/C16H21BrN4S.HI/c1-12-10-20-15(22-12)8-9-19-16(18-2)21(3)11-13-4-6-14(17)7-5-13;/h4-7,10H,8-9,11H2,1-3H3,(H,18,19);1H. The van der Waals surface area contributed by atoms with E-state index in [4.69, 9.17) is 0 Å². The lowest BCUT2D eigenvalue weighted by Gasteiger charge is -2.22. The van der Waals surface area contributed by atoms with Gasteiger partial charge in [0.15, 0.2) is 5.96 Å². The van der Waals surface area contributed by atoms with Crippen LogP contribution >= 0.6 is 51.2 Å². The van der Waals surface area contributed by atoms with Gasteiger partial charge in [0, 0.05) is 49.2 Å². The first-order valence-corrected chi connectivity index (χ1v) is 8.77. The van der Waals surface area contributed by atoms with Crippen LogP contribution in [0.3, 0.4) is 0 Å². The molecule has 0 spiro atoms. The Morgan fingerprint density at radius 1 is 1.35 bits per heavy atom. The molecular formula is C16H22BrIN4S. The molecular weight excluding hydrogens is 487 g/mol. The van der Waals surface area contributed by atoms with Gasteiger partial charge in [-0.05, 0) is 24.6 Å². The molecule has 1 heterocycles. The zero-order valence-corrected chi connectivity index (χ0v) is 18.3. The lowest BCUT2D eigenvalue weighted by molar-refractivity contribution is 0.477. The van der Waals surface area contributed by atoms with Gasteiger partial charge in [0.05, 0.1) is 5.01 Å². The minimum absolute atomic E-state index is 0. The van der Waals surface area contributed by atoms with Crippen LogP contribution in [0, 0.1) is 6.92 Å². The van der Waals surface area contributed by atoms with Crippen molar-refractivity contribution in [2.75, 3.05) is 20.6 Å². The second-order valence-corrected chi connectivity index (χ2v) is 7.31. The van der Waals surface area contributed by atoms with Crippen molar-refractivity contribution in [2.24, 2.45) is 4.99 Å². The van der Waals surface area contributed by atoms with Crippen LogP contribution in [-0.4, -0.2) is 36.5 Å². The molecule has 0 aliphatic rings. The summed E-state index contributed by atoms with van der Waals surface area (Å²) >= 11 is 5.21. The molecule has 0 amide bonds. The van der Waals surface area contributed by atoms with Gasteiger partial charge in [-0.2, -0.15) is 0 Å². The fourth-order valence-corrected chi connectivity index (χ4v) is 3.17. The molecule has 0 bridgehead atoms. The van der Waals surface area contributed by atoms with Gasteiger partial charge in [-0.3, -0.25) is 4.99 Å². The lowest BCUT2D eigenvalue weighted by atomic mass is 10.2. The smallest absolute Gasteiger partial charge is 0.193 e. The second-order valence-electron chi connectivity index (χ2n) is 5.07. The molecule has 126 valence electrons. The van der Waals surface area contributed by atoms with Crippen molar-refractivity contribution in [3.63, 3.8) is 0 Å². The molecule has 4 nitrogen and oxygen atoms in total. The molecule has 0 fully saturated rings. The van der Waals surface area contributed by atoms with Gasteiger partial charge < -0.3 is 10.2 Å². The van der Waals surface area contributed by atoms with Gasteiger partial charge >= 0.3 is 0 Å². The monoisotopic (exact) mass is 508 g/mol. The van der Waals surface area contributed by atoms with Crippen molar-refractivity contribution in [1.82, 2.24) is 15.2 Å². The Balaban J connectivity index is 0.00000264. The van der Waals surface area contributed by atoms with E-state index in [0.717, 1.165) is 35.0 Å². The number of aryl methyl sites for hydroxylation is 1. The molecule has 2 rings (SSSR count). The van der Waals surface area contributed by atoms with Gasteiger partial charge in [0.25, 0.3) is 0 Å². The zero-order chi connectivity index (χ0) is 15.9. The van der Waals surface area contributed by atoms with Crippen LogP contribution < -0.4 is 5.32 Å². The molecule has 1 aromatic carbocycles. The van der Waals surface area contributed by atoms with Gasteiger partial charge in [-0.25, -0.2) is 4.98 Å². The van der Waals surface area contributed by atoms with Gasteiger partial charge in [-0.15, -0.1) is 35.3 Å². The van der Waals surface area contributed by atoms with Crippen molar-refractivity contribution in [3.8, 4) is 0 Å². The highest BCUT2D eigenvalue weighted by Gasteiger charge is 2.07. The Morgan fingerprint density at radius 2 is 2.04 bits per heavy atom. The number of nitrogens with one attached hydrogen (secondary N) is 1. The maximum absolute atomic E-state index is 4.38. The SMILES string of the molecule is CN=C(NCCc1ncc(C)s1)N(C)Cc1ccc(Br)cc1.I. The second kappa shape index (κ2) is 10.2. The Bertz CT molecular complexity index is 627. The van der Waals surface area contributed by atoms with Gasteiger partial charge in [0.2, 0.25) is 0 Å². The van der Waals surface area contributed by atoms with Crippen LogP contribution in [0.2, 0.25) is 0 Å². The number of aliphatic imine (C=N–C) groups is 1.